The lowest BCUT2D eigenvalue weighted by Crippen LogP contribution is -2.53. The molecule has 0 nitrogen and oxygen atoms in total. The van der Waals surface area contributed by atoms with E-state index in [4.69, 9.17) is 0 Å². The summed E-state index contributed by atoms with van der Waals surface area (Å²) in [6.45, 7) is 14.4. The summed E-state index contributed by atoms with van der Waals surface area (Å²) in [7, 11) is 0. The minimum Gasteiger partial charge on any atom is -0.0776 e. The summed E-state index contributed by atoms with van der Waals surface area (Å²) in [4.78, 5) is 0. The highest BCUT2D eigenvalue weighted by Crippen LogP contribution is 2.68. The van der Waals surface area contributed by atoms with Gasteiger partial charge in [0.15, 0.2) is 0 Å². The molecule has 0 saturated heterocycles. The van der Waals surface area contributed by atoms with Crippen LogP contribution in [0, 0.1) is 46.3 Å². The van der Waals surface area contributed by atoms with Crippen LogP contribution in [0.25, 0.3) is 0 Å². The van der Waals surface area contributed by atoms with Crippen molar-refractivity contribution in [2.75, 3.05) is 0 Å². The average molecular weight is 349 g/mol. The van der Waals surface area contributed by atoms with Gasteiger partial charge < -0.3 is 0 Å². The van der Waals surface area contributed by atoms with Crippen LogP contribution >= 0.6 is 0 Å². The maximum absolute atomic E-state index is 2.72. The van der Waals surface area contributed by atoms with Crippen molar-refractivity contribution >= 4 is 0 Å². The molecule has 4 saturated carbocycles. The van der Waals surface area contributed by atoms with Gasteiger partial charge in [0.05, 0.1) is 0 Å². The van der Waals surface area contributed by atoms with Crippen LogP contribution in [0.1, 0.15) is 113 Å². The first kappa shape index (κ1) is 21.3. The smallest absolute Gasteiger partial charge is 0.0266 e. The van der Waals surface area contributed by atoms with Gasteiger partial charge in [0.1, 0.15) is 0 Å². The molecule has 8 atom stereocenters. The molecule has 148 valence electrons. The van der Waals surface area contributed by atoms with Crippen LogP contribution in [0.3, 0.4) is 0 Å². The van der Waals surface area contributed by atoms with Crippen LogP contribution in [0.5, 0.6) is 0 Å². The molecule has 8 unspecified atom stereocenters. The first-order valence-corrected chi connectivity index (χ1v) is 11.5. The molecule has 0 heterocycles. The molecule has 4 rings (SSSR count). The van der Waals surface area contributed by atoms with E-state index in [1.165, 1.54) is 19.3 Å². The first-order valence-electron chi connectivity index (χ1n) is 11.5. The minimum atomic E-state index is 0. The van der Waals surface area contributed by atoms with E-state index in [1.807, 2.05) is 13.8 Å². The molecular formula is C25H48. The third-order valence-electron chi connectivity index (χ3n) is 9.62. The fourth-order valence-corrected chi connectivity index (χ4v) is 8.25. The standard InChI is InChI=1S/C22H38.C2H6.CH4/c1-5-16-7-9-19-18-8-6-17-14-15(2)10-12-22(17,4)20(18)11-13-21(16,19)3;1-2;/h15-20H,5-14H2,1-4H3;1-2H3;1H4. The van der Waals surface area contributed by atoms with Crippen LogP contribution < -0.4 is 0 Å². The predicted octanol–water partition coefficient (Wildman–Crippen LogP) is 8.35. The normalized spacial score (nSPS) is 51.1. The number of fused-ring (bicyclic) bond motifs is 5. The molecule has 0 N–H and O–H groups in total. The van der Waals surface area contributed by atoms with Crippen molar-refractivity contribution in [3.8, 4) is 0 Å². The molecule has 0 aliphatic heterocycles. The van der Waals surface area contributed by atoms with Gasteiger partial charge in [-0.2, -0.15) is 0 Å². The monoisotopic (exact) mass is 348 g/mol. The fraction of sp³-hybridized carbons (Fsp3) is 1.00. The Morgan fingerprint density at radius 2 is 1.44 bits per heavy atom. The van der Waals surface area contributed by atoms with E-state index in [2.05, 4.69) is 27.7 Å². The molecule has 0 heteroatoms. The maximum Gasteiger partial charge on any atom is -0.0266 e. The van der Waals surface area contributed by atoms with Crippen LogP contribution in [0.4, 0.5) is 0 Å². The summed E-state index contributed by atoms with van der Waals surface area (Å²) >= 11 is 0. The van der Waals surface area contributed by atoms with Gasteiger partial charge in [0, 0.05) is 0 Å². The van der Waals surface area contributed by atoms with Crippen molar-refractivity contribution in [3.05, 3.63) is 0 Å². The lowest BCUT2D eigenvalue weighted by Gasteiger charge is -2.61. The van der Waals surface area contributed by atoms with Crippen LogP contribution in [-0.4, -0.2) is 0 Å². The molecule has 4 aliphatic carbocycles. The number of hydrogen-bond acceptors (Lipinski definition) is 0. The molecule has 0 spiro atoms. The van der Waals surface area contributed by atoms with Crippen molar-refractivity contribution in [2.45, 2.75) is 113 Å². The molecule has 25 heavy (non-hydrogen) atoms. The minimum absolute atomic E-state index is 0. The summed E-state index contributed by atoms with van der Waals surface area (Å²) in [6.07, 6.45) is 15.4. The summed E-state index contributed by atoms with van der Waals surface area (Å²) in [5.74, 6) is 6.34. The van der Waals surface area contributed by atoms with Gasteiger partial charge in [-0.1, -0.05) is 61.8 Å². The van der Waals surface area contributed by atoms with Crippen molar-refractivity contribution in [2.24, 2.45) is 46.3 Å². The molecule has 0 amide bonds. The average Bonchev–Trinajstić information content (AvgIpc) is 2.93. The van der Waals surface area contributed by atoms with Gasteiger partial charge in [-0.15, -0.1) is 0 Å². The van der Waals surface area contributed by atoms with E-state index in [0.717, 1.165) is 35.5 Å². The highest BCUT2D eigenvalue weighted by atomic mass is 14.6. The highest BCUT2D eigenvalue weighted by Gasteiger charge is 2.59. The van der Waals surface area contributed by atoms with E-state index in [9.17, 15) is 0 Å². The molecule has 0 aromatic heterocycles. The topological polar surface area (TPSA) is 0 Å². The molecule has 0 bridgehead atoms. The van der Waals surface area contributed by atoms with Gasteiger partial charge in [0.2, 0.25) is 0 Å². The third-order valence-corrected chi connectivity index (χ3v) is 9.62. The second kappa shape index (κ2) is 7.93. The first-order chi connectivity index (χ1) is 11.5. The van der Waals surface area contributed by atoms with Gasteiger partial charge >= 0.3 is 0 Å². The Morgan fingerprint density at radius 3 is 2.12 bits per heavy atom. The van der Waals surface area contributed by atoms with Crippen molar-refractivity contribution in [1.82, 2.24) is 0 Å². The zero-order valence-electron chi connectivity index (χ0n) is 17.5. The quantitative estimate of drug-likeness (QED) is 0.446. The largest absolute Gasteiger partial charge is 0.0776 e. The lowest BCUT2D eigenvalue weighted by atomic mass is 9.44. The maximum atomic E-state index is 2.72. The van der Waals surface area contributed by atoms with Gasteiger partial charge in [-0.25, -0.2) is 0 Å². The number of hydrogen-bond donors (Lipinski definition) is 0. The highest BCUT2D eigenvalue weighted by molar-refractivity contribution is 5.08. The Bertz CT molecular complexity index is 426. The molecule has 4 aliphatic rings. The van der Waals surface area contributed by atoms with E-state index in [1.54, 1.807) is 44.9 Å². The van der Waals surface area contributed by atoms with E-state index >= 15 is 0 Å². The van der Waals surface area contributed by atoms with Crippen LogP contribution in [0.2, 0.25) is 0 Å². The summed E-state index contributed by atoms with van der Waals surface area (Å²) in [5, 5.41) is 0. The summed E-state index contributed by atoms with van der Waals surface area (Å²) < 4.78 is 0. The van der Waals surface area contributed by atoms with Crippen molar-refractivity contribution in [1.29, 1.82) is 0 Å². The second-order valence-electron chi connectivity index (χ2n) is 10.3. The van der Waals surface area contributed by atoms with Crippen molar-refractivity contribution in [3.63, 3.8) is 0 Å². The fourth-order valence-electron chi connectivity index (χ4n) is 8.25. The summed E-state index contributed by atoms with van der Waals surface area (Å²) in [6, 6.07) is 0. The van der Waals surface area contributed by atoms with Gasteiger partial charge in [0.25, 0.3) is 0 Å². The van der Waals surface area contributed by atoms with Crippen LogP contribution in [-0.2, 0) is 0 Å². The molecule has 0 aromatic carbocycles. The Hall–Kier alpha value is 0. The molecule has 0 radical (unpaired) electrons. The van der Waals surface area contributed by atoms with Crippen molar-refractivity contribution < 1.29 is 0 Å². The Kier molecular flexibility index (Phi) is 6.76. The predicted molar refractivity (Wildman–Crippen MR) is 113 cm³/mol. The second-order valence-corrected chi connectivity index (χ2v) is 10.3. The third kappa shape index (κ3) is 3.23. The Labute approximate surface area is 159 Å². The zero-order valence-corrected chi connectivity index (χ0v) is 17.5. The van der Waals surface area contributed by atoms with E-state index in [-0.39, 0.29) is 7.43 Å². The zero-order chi connectivity index (χ0) is 17.5. The van der Waals surface area contributed by atoms with E-state index < -0.39 is 0 Å². The van der Waals surface area contributed by atoms with E-state index in [0.29, 0.717) is 10.8 Å². The molecular weight excluding hydrogens is 300 g/mol. The molecule has 4 fully saturated rings. The van der Waals surface area contributed by atoms with Gasteiger partial charge in [-0.3, -0.25) is 0 Å². The SMILES string of the molecule is C.CC.CCC1CCC2C3CCC4CC(C)CCC4(C)C3CCC12C. The van der Waals surface area contributed by atoms with Gasteiger partial charge in [-0.05, 0) is 97.7 Å². The van der Waals surface area contributed by atoms with Crippen LogP contribution in [0.15, 0.2) is 0 Å². The Morgan fingerprint density at radius 1 is 0.800 bits per heavy atom. The lowest BCUT2D eigenvalue weighted by molar-refractivity contribution is -0.117. The Balaban J connectivity index is 0.000000726. The summed E-state index contributed by atoms with van der Waals surface area (Å²) in [5.41, 5.74) is 1.42. The number of rotatable bonds is 1. The molecule has 0 aromatic rings.